The maximum Gasteiger partial charge on any atom is 0.257 e. The number of nitrogens with zero attached hydrogens (tertiary/aromatic N) is 1. The van der Waals surface area contributed by atoms with Crippen LogP contribution in [0.1, 0.15) is 49.3 Å². The molecule has 2 aromatic carbocycles. The molecule has 0 radical (unpaired) electrons. The molecule has 1 aliphatic heterocycles. The molecule has 1 aliphatic carbocycles. The van der Waals surface area contributed by atoms with Gasteiger partial charge in [0.25, 0.3) is 5.56 Å². The molecule has 0 saturated heterocycles. The van der Waals surface area contributed by atoms with Gasteiger partial charge in [0.1, 0.15) is 23.1 Å². The molecule has 2 heterocycles. The summed E-state index contributed by atoms with van der Waals surface area (Å²) in [5.41, 5.74) is 2.79. The van der Waals surface area contributed by atoms with Gasteiger partial charge in [-0.15, -0.1) is 0 Å². The molecule has 1 aromatic heterocycles. The number of nitrogens with one attached hydrogen (secondary N) is 2. The summed E-state index contributed by atoms with van der Waals surface area (Å²) in [4.78, 5) is 34.7. The molecule has 5 rings (SSSR count). The van der Waals surface area contributed by atoms with Crippen LogP contribution in [0.2, 0.25) is 0 Å². The number of aromatic nitrogens is 2. The van der Waals surface area contributed by atoms with Gasteiger partial charge in [0, 0.05) is 35.1 Å². The van der Waals surface area contributed by atoms with Crippen molar-refractivity contribution in [2.24, 2.45) is 5.41 Å². The summed E-state index contributed by atoms with van der Waals surface area (Å²) in [6, 6.07) is 11.6. The van der Waals surface area contributed by atoms with E-state index in [1.165, 1.54) is 23.9 Å². The van der Waals surface area contributed by atoms with Gasteiger partial charge in [-0.05, 0) is 35.6 Å². The molecule has 2 N–H and O–H groups in total. The summed E-state index contributed by atoms with van der Waals surface area (Å²) in [6.45, 7) is 4.12. The standard InChI is InChI=1S/C28H28FN3O4S/c1-28(2)12-19-23(20(33)13-28)22(18-10-9-17(35-3)11-21(18)36-4)24-25(30-19)31-27(32-26(24)34)37-14-15-5-7-16(29)8-6-15/h5-11,22H,12-14H2,1-4H3,(H2,30,31,32,34). The van der Waals surface area contributed by atoms with Crippen molar-refractivity contribution in [1.29, 1.82) is 0 Å². The lowest BCUT2D eigenvalue weighted by molar-refractivity contribution is -0.118. The Hall–Kier alpha value is -3.59. The molecular weight excluding hydrogens is 493 g/mol. The Bertz CT molecular complexity index is 1460. The van der Waals surface area contributed by atoms with Gasteiger partial charge in [-0.1, -0.05) is 43.8 Å². The van der Waals surface area contributed by atoms with E-state index in [-0.39, 0.29) is 22.6 Å². The number of carbonyl (C=O) groups is 1. The molecule has 1 unspecified atom stereocenters. The highest BCUT2D eigenvalue weighted by molar-refractivity contribution is 7.98. The number of hydrogen-bond donors (Lipinski definition) is 2. The van der Waals surface area contributed by atoms with E-state index in [0.717, 1.165) is 11.3 Å². The highest BCUT2D eigenvalue weighted by Gasteiger charge is 2.43. The van der Waals surface area contributed by atoms with Crippen LogP contribution < -0.4 is 20.3 Å². The van der Waals surface area contributed by atoms with Crippen molar-refractivity contribution >= 4 is 23.4 Å². The molecule has 7 nitrogen and oxygen atoms in total. The molecule has 0 fully saturated rings. The first-order valence-electron chi connectivity index (χ1n) is 12.0. The Kier molecular flexibility index (Phi) is 6.58. The number of carbonyl (C=O) groups excluding carboxylic acids is 1. The zero-order valence-electron chi connectivity index (χ0n) is 21.1. The maximum absolute atomic E-state index is 13.6. The lowest BCUT2D eigenvalue weighted by Crippen LogP contribution is -2.37. The number of ether oxygens (including phenoxy) is 2. The number of rotatable bonds is 6. The summed E-state index contributed by atoms with van der Waals surface area (Å²) in [7, 11) is 3.13. The van der Waals surface area contributed by atoms with Crippen molar-refractivity contribution < 1.29 is 18.7 Å². The van der Waals surface area contributed by atoms with Gasteiger partial charge in [-0.25, -0.2) is 9.37 Å². The third-order valence-electron chi connectivity index (χ3n) is 6.74. The second kappa shape index (κ2) is 9.70. The van der Waals surface area contributed by atoms with E-state index in [4.69, 9.17) is 14.5 Å². The van der Waals surface area contributed by atoms with E-state index >= 15 is 0 Å². The van der Waals surface area contributed by atoms with Gasteiger partial charge in [-0.2, -0.15) is 0 Å². The number of Topliss-reactive ketones (excluding diaryl/α,β-unsaturated/α-hetero) is 1. The van der Waals surface area contributed by atoms with Crippen LogP contribution in [0.3, 0.4) is 0 Å². The van der Waals surface area contributed by atoms with E-state index < -0.39 is 5.92 Å². The number of methoxy groups -OCH3 is 2. The fraction of sp³-hybridized carbons (Fsp3) is 0.321. The largest absolute Gasteiger partial charge is 0.497 e. The summed E-state index contributed by atoms with van der Waals surface area (Å²) in [5.74, 6) is 1.14. The number of benzene rings is 2. The summed E-state index contributed by atoms with van der Waals surface area (Å²) < 4.78 is 24.3. The van der Waals surface area contributed by atoms with Crippen molar-refractivity contribution in [1.82, 2.24) is 9.97 Å². The van der Waals surface area contributed by atoms with Crippen molar-refractivity contribution in [2.45, 2.75) is 43.5 Å². The van der Waals surface area contributed by atoms with E-state index in [2.05, 4.69) is 24.1 Å². The molecule has 0 amide bonds. The second-order valence-electron chi connectivity index (χ2n) is 10.0. The van der Waals surface area contributed by atoms with Gasteiger partial charge in [0.05, 0.1) is 25.7 Å². The van der Waals surface area contributed by atoms with Crippen LogP contribution in [0.4, 0.5) is 10.2 Å². The molecule has 0 saturated carbocycles. The van der Waals surface area contributed by atoms with Gasteiger partial charge in [-0.3, -0.25) is 9.59 Å². The van der Waals surface area contributed by atoms with Gasteiger partial charge >= 0.3 is 0 Å². The smallest absolute Gasteiger partial charge is 0.257 e. The Morgan fingerprint density at radius 2 is 1.84 bits per heavy atom. The fourth-order valence-corrected chi connectivity index (χ4v) is 5.88. The molecule has 37 heavy (non-hydrogen) atoms. The lowest BCUT2D eigenvalue weighted by Gasteiger charge is -2.38. The Labute approximate surface area is 218 Å². The van der Waals surface area contributed by atoms with Crippen LogP contribution in [-0.4, -0.2) is 30.0 Å². The molecule has 2 aliphatic rings. The molecule has 0 bridgehead atoms. The zero-order valence-corrected chi connectivity index (χ0v) is 21.9. The third-order valence-corrected chi connectivity index (χ3v) is 7.69. The van der Waals surface area contributed by atoms with Crippen LogP contribution in [0.5, 0.6) is 11.5 Å². The monoisotopic (exact) mass is 521 g/mol. The highest BCUT2D eigenvalue weighted by Crippen LogP contribution is 2.49. The fourth-order valence-electron chi connectivity index (χ4n) is 5.06. The second-order valence-corrected chi connectivity index (χ2v) is 11.0. The quantitative estimate of drug-likeness (QED) is 0.331. The average Bonchev–Trinajstić information content (AvgIpc) is 2.86. The molecule has 3 aromatic rings. The number of ketones is 1. The maximum atomic E-state index is 13.6. The Morgan fingerprint density at radius 1 is 1.08 bits per heavy atom. The van der Waals surface area contributed by atoms with Crippen LogP contribution in [0.25, 0.3) is 0 Å². The first-order valence-corrected chi connectivity index (χ1v) is 12.9. The van der Waals surface area contributed by atoms with Crippen LogP contribution >= 0.6 is 11.8 Å². The summed E-state index contributed by atoms with van der Waals surface area (Å²) in [5, 5.41) is 3.77. The highest BCUT2D eigenvalue weighted by atomic mass is 32.2. The minimum atomic E-state index is -0.636. The molecule has 192 valence electrons. The predicted octanol–water partition coefficient (Wildman–Crippen LogP) is 5.42. The number of thioether (sulfide) groups is 1. The van der Waals surface area contributed by atoms with Crippen LogP contribution in [-0.2, 0) is 10.5 Å². The van der Waals surface area contributed by atoms with Gasteiger partial charge in [0.2, 0.25) is 0 Å². The van der Waals surface area contributed by atoms with Gasteiger partial charge < -0.3 is 19.8 Å². The number of H-pyrrole nitrogens is 1. The van der Waals surface area contributed by atoms with Crippen LogP contribution in [0, 0.1) is 11.2 Å². The van der Waals surface area contributed by atoms with E-state index in [1.807, 2.05) is 6.07 Å². The Balaban J connectivity index is 1.61. The minimum absolute atomic E-state index is 0.00133. The predicted molar refractivity (Wildman–Crippen MR) is 141 cm³/mol. The van der Waals surface area contributed by atoms with Crippen molar-refractivity contribution in [3.05, 3.63) is 86.6 Å². The average molecular weight is 522 g/mol. The number of fused-ring (bicyclic) bond motifs is 1. The third kappa shape index (κ3) is 4.87. The van der Waals surface area contributed by atoms with E-state index in [9.17, 15) is 14.0 Å². The number of anilines is 1. The minimum Gasteiger partial charge on any atom is -0.497 e. The first kappa shape index (κ1) is 25.1. The Morgan fingerprint density at radius 3 is 2.54 bits per heavy atom. The number of aromatic amines is 1. The summed E-state index contributed by atoms with van der Waals surface area (Å²) in [6.07, 6.45) is 1.03. The molecular formula is C28H28FN3O4S. The molecule has 0 spiro atoms. The van der Waals surface area contributed by atoms with Crippen molar-refractivity contribution in [2.75, 3.05) is 19.5 Å². The van der Waals surface area contributed by atoms with Gasteiger partial charge in [0.15, 0.2) is 10.9 Å². The van der Waals surface area contributed by atoms with Crippen molar-refractivity contribution in [3.63, 3.8) is 0 Å². The zero-order chi connectivity index (χ0) is 26.3. The van der Waals surface area contributed by atoms with E-state index in [0.29, 0.717) is 57.8 Å². The van der Waals surface area contributed by atoms with E-state index in [1.54, 1.807) is 38.5 Å². The first-order chi connectivity index (χ1) is 17.7. The lowest BCUT2D eigenvalue weighted by atomic mass is 9.69. The van der Waals surface area contributed by atoms with Crippen molar-refractivity contribution in [3.8, 4) is 11.5 Å². The number of allylic oxidation sites excluding steroid dienone is 2. The molecule has 9 heteroatoms. The molecule has 1 atom stereocenters. The summed E-state index contributed by atoms with van der Waals surface area (Å²) >= 11 is 1.35. The SMILES string of the molecule is COc1ccc(C2C3=C(CC(C)(C)CC3=O)Nc3nc(SCc4ccc(F)cc4)[nH]c(=O)c32)c(OC)c1. The number of halogens is 1. The normalized spacial score (nSPS) is 18.1. The number of hydrogen-bond acceptors (Lipinski definition) is 7. The topological polar surface area (TPSA) is 93.3 Å². The van der Waals surface area contributed by atoms with Crippen LogP contribution in [0.15, 0.2) is 63.7 Å².